The summed E-state index contributed by atoms with van der Waals surface area (Å²) in [6, 6.07) is 0. The molecule has 0 aliphatic rings. The molecule has 0 heterocycles. The second kappa shape index (κ2) is 4.57. The van der Waals surface area contributed by atoms with E-state index < -0.39 is 0 Å². The summed E-state index contributed by atoms with van der Waals surface area (Å²) in [5, 5.41) is 31.2. The highest BCUT2D eigenvalue weighted by Crippen LogP contribution is 1.66. The third-order valence-corrected chi connectivity index (χ3v) is 0.495. The molecule has 50 valence electrons. The van der Waals surface area contributed by atoms with Crippen molar-refractivity contribution in [1.82, 2.24) is 0 Å². The molecule has 0 aromatic heterocycles. The Bertz CT molecular complexity index is 136. The molecule has 3 N–H and O–H groups in total. The van der Waals surface area contributed by atoms with Gasteiger partial charge in [0.05, 0.1) is 12.4 Å². The zero-order valence-corrected chi connectivity index (χ0v) is 4.34. The van der Waals surface area contributed by atoms with Gasteiger partial charge in [0.25, 0.3) is 0 Å². The van der Waals surface area contributed by atoms with Crippen LogP contribution in [0.1, 0.15) is 0 Å². The van der Waals surface area contributed by atoms with Gasteiger partial charge in [-0.15, -0.1) is 0 Å². The smallest absolute Gasteiger partial charge is 0.145 e. The summed E-state index contributed by atoms with van der Waals surface area (Å²) in [6.45, 7) is 0. The molecule has 0 aliphatic heterocycles. The summed E-state index contributed by atoms with van der Waals surface area (Å²) < 4.78 is 0. The maximum Gasteiger partial charge on any atom is 0.145 e. The highest BCUT2D eigenvalue weighted by molar-refractivity contribution is 6.55. The van der Waals surface area contributed by atoms with Crippen LogP contribution in [0.5, 0.6) is 0 Å². The van der Waals surface area contributed by atoms with Crippen molar-refractivity contribution in [1.29, 1.82) is 0 Å². The van der Waals surface area contributed by atoms with E-state index in [0.717, 1.165) is 12.4 Å². The molecule has 6 nitrogen and oxygen atoms in total. The lowest BCUT2D eigenvalue weighted by Crippen LogP contribution is -2.00. The van der Waals surface area contributed by atoms with Gasteiger partial charge in [0.1, 0.15) is 5.71 Å². The average molecular weight is 131 g/mol. The highest BCUT2D eigenvalue weighted by atomic mass is 16.4. The third-order valence-electron chi connectivity index (χ3n) is 0.495. The van der Waals surface area contributed by atoms with Crippen LogP contribution in [-0.2, 0) is 0 Å². The molecule has 0 aliphatic carbocycles. The van der Waals surface area contributed by atoms with Crippen molar-refractivity contribution in [2.24, 2.45) is 15.5 Å². The molecule has 0 fully saturated rings. The first kappa shape index (κ1) is 7.41. The summed E-state index contributed by atoms with van der Waals surface area (Å²) in [5.41, 5.74) is -0.153. The van der Waals surface area contributed by atoms with Gasteiger partial charge in [0.15, 0.2) is 0 Å². The summed E-state index contributed by atoms with van der Waals surface area (Å²) >= 11 is 0. The largest absolute Gasteiger partial charge is 0.411 e. The Balaban J connectivity index is 4.01. The third kappa shape index (κ3) is 3.03. The van der Waals surface area contributed by atoms with Crippen molar-refractivity contribution in [3.05, 3.63) is 0 Å². The fourth-order valence-electron chi connectivity index (χ4n) is 0.203. The van der Waals surface area contributed by atoms with Crippen molar-refractivity contribution >= 4 is 18.1 Å². The molecule has 0 atom stereocenters. The monoisotopic (exact) mass is 131 g/mol. The topological polar surface area (TPSA) is 97.8 Å². The zero-order valence-electron chi connectivity index (χ0n) is 4.34. The van der Waals surface area contributed by atoms with Gasteiger partial charge in [0.2, 0.25) is 0 Å². The normalized spacial score (nSPS) is 10.7. The van der Waals surface area contributed by atoms with Crippen LogP contribution in [0.25, 0.3) is 0 Å². The van der Waals surface area contributed by atoms with Crippen LogP contribution >= 0.6 is 0 Å². The number of hydrogen-bond donors (Lipinski definition) is 3. The molecule has 0 unspecified atom stereocenters. The molecule has 0 aromatic carbocycles. The molecule has 0 saturated heterocycles. The number of rotatable bonds is 2. The van der Waals surface area contributed by atoms with Crippen LogP contribution in [0.3, 0.4) is 0 Å². The standard InChI is InChI=1S/C3H5N3O3/c7-4-1-3(6-9)2-5-8/h1-2,7-9H/b4-1+,5-2+. The second-order valence-corrected chi connectivity index (χ2v) is 1.01. The van der Waals surface area contributed by atoms with Crippen molar-refractivity contribution in [2.75, 3.05) is 0 Å². The highest BCUT2D eigenvalue weighted by Gasteiger charge is 1.87. The SMILES string of the molecule is ON=C(/C=N/O)/C=N/O. The van der Waals surface area contributed by atoms with E-state index in [2.05, 4.69) is 15.5 Å². The maximum absolute atomic E-state index is 7.97. The Kier molecular flexibility index (Phi) is 3.76. The van der Waals surface area contributed by atoms with E-state index in [4.69, 9.17) is 15.6 Å². The van der Waals surface area contributed by atoms with Gasteiger partial charge in [0, 0.05) is 0 Å². The molecule has 0 bridgehead atoms. The predicted molar refractivity (Wildman–Crippen MR) is 29.8 cm³/mol. The van der Waals surface area contributed by atoms with E-state index in [1.54, 1.807) is 0 Å². The first-order valence-corrected chi connectivity index (χ1v) is 1.92. The van der Waals surface area contributed by atoms with Crippen molar-refractivity contribution in [3.63, 3.8) is 0 Å². The molecule has 0 rings (SSSR count). The van der Waals surface area contributed by atoms with Crippen LogP contribution in [0, 0.1) is 0 Å². The quantitative estimate of drug-likeness (QED) is 0.273. The Morgan fingerprint density at radius 1 is 1.00 bits per heavy atom. The van der Waals surface area contributed by atoms with Crippen molar-refractivity contribution in [3.8, 4) is 0 Å². The fourth-order valence-corrected chi connectivity index (χ4v) is 0.203. The van der Waals surface area contributed by atoms with Gasteiger partial charge in [-0.1, -0.05) is 15.5 Å². The van der Waals surface area contributed by atoms with Gasteiger partial charge in [-0.2, -0.15) is 0 Å². The molecule has 0 amide bonds. The molecular formula is C3H5N3O3. The predicted octanol–water partition coefficient (Wildman–Crippen LogP) is -0.263. The molecule has 0 saturated carbocycles. The van der Waals surface area contributed by atoms with Crippen molar-refractivity contribution in [2.45, 2.75) is 0 Å². The van der Waals surface area contributed by atoms with E-state index in [-0.39, 0.29) is 5.71 Å². The summed E-state index contributed by atoms with van der Waals surface area (Å²) in [6.07, 6.45) is 1.61. The first-order valence-electron chi connectivity index (χ1n) is 1.92. The lowest BCUT2D eigenvalue weighted by Gasteiger charge is -1.80. The molecular weight excluding hydrogens is 126 g/mol. The minimum absolute atomic E-state index is 0.153. The van der Waals surface area contributed by atoms with Gasteiger partial charge in [-0.05, 0) is 0 Å². The molecule has 0 radical (unpaired) electrons. The zero-order chi connectivity index (χ0) is 7.11. The van der Waals surface area contributed by atoms with Crippen LogP contribution < -0.4 is 0 Å². The fraction of sp³-hybridized carbons (Fsp3) is 0. The first-order chi connectivity index (χ1) is 4.35. The number of nitrogens with zero attached hydrogens (tertiary/aromatic N) is 3. The summed E-state index contributed by atoms with van der Waals surface area (Å²) in [4.78, 5) is 0. The molecule has 0 aromatic rings. The van der Waals surface area contributed by atoms with Gasteiger partial charge in [-0.3, -0.25) is 0 Å². The van der Waals surface area contributed by atoms with Gasteiger partial charge < -0.3 is 15.6 Å². The summed E-state index contributed by atoms with van der Waals surface area (Å²) in [5.74, 6) is 0. The number of hydrogen-bond acceptors (Lipinski definition) is 6. The van der Waals surface area contributed by atoms with Gasteiger partial charge >= 0.3 is 0 Å². The summed E-state index contributed by atoms with van der Waals surface area (Å²) in [7, 11) is 0. The van der Waals surface area contributed by atoms with E-state index in [9.17, 15) is 0 Å². The van der Waals surface area contributed by atoms with Crippen LogP contribution in [0.15, 0.2) is 15.5 Å². The van der Waals surface area contributed by atoms with E-state index >= 15 is 0 Å². The van der Waals surface area contributed by atoms with Gasteiger partial charge in [-0.25, -0.2) is 0 Å². The lowest BCUT2D eigenvalue weighted by atomic mass is 10.4. The molecule has 9 heavy (non-hydrogen) atoms. The molecule has 6 heteroatoms. The Morgan fingerprint density at radius 3 is 1.67 bits per heavy atom. The minimum Gasteiger partial charge on any atom is -0.411 e. The van der Waals surface area contributed by atoms with Crippen LogP contribution in [-0.4, -0.2) is 33.8 Å². The van der Waals surface area contributed by atoms with E-state index in [1.807, 2.05) is 0 Å². The Labute approximate surface area is 50.4 Å². The second-order valence-electron chi connectivity index (χ2n) is 1.01. The molecule has 0 spiro atoms. The van der Waals surface area contributed by atoms with Crippen LogP contribution in [0.4, 0.5) is 0 Å². The average Bonchev–Trinajstić information content (AvgIpc) is 1.88. The van der Waals surface area contributed by atoms with E-state index in [1.165, 1.54) is 0 Å². The van der Waals surface area contributed by atoms with Crippen molar-refractivity contribution < 1.29 is 15.6 Å². The Hall–Kier alpha value is -1.59. The van der Waals surface area contributed by atoms with E-state index in [0.29, 0.717) is 0 Å². The number of oxime groups is 3. The Morgan fingerprint density at radius 2 is 1.44 bits per heavy atom. The minimum atomic E-state index is -0.153. The lowest BCUT2D eigenvalue weighted by molar-refractivity contribution is 0.314. The maximum atomic E-state index is 7.97. The van der Waals surface area contributed by atoms with Crippen LogP contribution in [0.2, 0.25) is 0 Å².